The van der Waals surface area contributed by atoms with Crippen LogP contribution in [-0.4, -0.2) is 29.0 Å². The number of hydrogen-bond donors (Lipinski definition) is 1. The summed E-state index contributed by atoms with van der Waals surface area (Å²) < 4.78 is 0. The molecule has 1 aliphatic rings. The lowest BCUT2D eigenvalue weighted by molar-refractivity contribution is 0.0769. The highest BCUT2D eigenvalue weighted by Crippen LogP contribution is 2.24. The van der Waals surface area contributed by atoms with Crippen LogP contribution in [0.2, 0.25) is 0 Å². The lowest BCUT2D eigenvalue weighted by atomic mass is 9.99. The molecule has 3 nitrogen and oxygen atoms in total. The SMILES string of the molecule is CC1=CCN(C(=O)c2ccc(-c3cccc([C@@H](C)O)c3)cc2)CC1. The van der Waals surface area contributed by atoms with Gasteiger partial charge in [-0.15, -0.1) is 0 Å². The molecule has 1 heterocycles. The summed E-state index contributed by atoms with van der Waals surface area (Å²) in [6, 6.07) is 15.6. The molecular weight excluding hydrogens is 298 g/mol. The quantitative estimate of drug-likeness (QED) is 0.861. The number of amides is 1. The van der Waals surface area contributed by atoms with Crippen LogP contribution in [0.5, 0.6) is 0 Å². The van der Waals surface area contributed by atoms with Crippen LogP contribution in [-0.2, 0) is 0 Å². The van der Waals surface area contributed by atoms with Gasteiger partial charge in [-0.1, -0.05) is 42.0 Å². The zero-order chi connectivity index (χ0) is 17.1. The minimum Gasteiger partial charge on any atom is -0.389 e. The first-order valence-corrected chi connectivity index (χ1v) is 8.38. The standard InChI is InChI=1S/C21H23NO2/c1-15-10-12-22(13-11-15)21(24)18-8-6-17(7-9-18)20-5-3-4-19(14-20)16(2)23/h3-10,14,16,23H,11-13H2,1-2H3/t16-/m1/s1. The average molecular weight is 321 g/mol. The number of hydrogen-bond acceptors (Lipinski definition) is 2. The molecule has 0 radical (unpaired) electrons. The van der Waals surface area contributed by atoms with Crippen molar-refractivity contribution in [2.45, 2.75) is 26.4 Å². The number of rotatable bonds is 3. The van der Waals surface area contributed by atoms with E-state index in [1.54, 1.807) is 6.92 Å². The zero-order valence-corrected chi connectivity index (χ0v) is 14.2. The van der Waals surface area contributed by atoms with E-state index in [0.29, 0.717) is 6.54 Å². The van der Waals surface area contributed by atoms with E-state index in [1.807, 2.05) is 53.4 Å². The summed E-state index contributed by atoms with van der Waals surface area (Å²) in [5, 5.41) is 9.72. The van der Waals surface area contributed by atoms with Gasteiger partial charge in [0.15, 0.2) is 0 Å². The van der Waals surface area contributed by atoms with Crippen molar-refractivity contribution in [3.8, 4) is 11.1 Å². The molecule has 3 rings (SSSR count). The molecule has 0 spiro atoms. The van der Waals surface area contributed by atoms with Gasteiger partial charge < -0.3 is 10.0 Å². The normalized spacial score (nSPS) is 15.8. The summed E-state index contributed by atoms with van der Waals surface area (Å²) in [6.07, 6.45) is 2.59. The van der Waals surface area contributed by atoms with Crippen LogP contribution in [0.15, 0.2) is 60.2 Å². The molecule has 3 heteroatoms. The van der Waals surface area contributed by atoms with Crippen LogP contribution < -0.4 is 0 Å². The van der Waals surface area contributed by atoms with Crippen LogP contribution in [0.4, 0.5) is 0 Å². The first-order valence-electron chi connectivity index (χ1n) is 8.38. The van der Waals surface area contributed by atoms with Gasteiger partial charge >= 0.3 is 0 Å². The largest absolute Gasteiger partial charge is 0.389 e. The number of nitrogens with zero attached hydrogens (tertiary/aromatic N) is 1. The molecule has 124 valence electrons. The van der Waals surface area contributed by atoms with Crippen LogP contribution in [0.1, 0.15) is 42.3 Å². The van der Waals surface area contributed by atoms with Gasteiger partial charge in [-0.05, 0) is 55.2 Å². The Morgan fingerprint density at radius 1 is 1.12 bits per heavy atom. The van der Waals surface area contributed by atoms with Gasteiger partial charge in [0.1, 0.15) is 0 Å². The second-order valence-electron chi connectivity index (χ2n) is 6.43. The van der Waals surface area contributed by atoms with Crippen LogP contribution >= 0.6 is 0 Å². The Kier molecular flexibility index (Phi) is 4.81. The Labute approximate surface area is 143 Å². The molecule has 1 amide bonds. The fourth-order valence-electron chi connectivity index (χ4n) is 2.92. The third kappa shape index (κ3) is 3.57. The molecule has 0 saturated carbocycles. The van der Waals surface area contributed by atoms with E-state index < -0.39 is 6.10 Å². The van der Waals surface area contributed by atoms with Gasteiger partial charge in [0, 0.05) is 18.7 Å². The Morgan fingerprint density at radius 3 is 2.50 bits per heavy atom. The summed E-state index contributed by atoms with van der Waals surface area (Å²) >= 11 is 0. The summed E-state index contributed by atoms with van der Waals surface area (Å²) in [5.41, 5.74) is 5.06. The summed E-state index contributed by atoms with van der Waals surface area (Å²) in [5.74, 6) is 0.0861. The highest BCUT2D eigenvalue weighted by Gasteiger charge is 2.17. The predicted octanol–water partition coefficient (Wildman–Crippen LogP) is 4.20. The minimum atomic E-state index is -0.485. The van der Waals surface area contributed by atoms with Crippen molar-refractivity contribution in [3.63, 3.8) is 0 Å². The summed E-state index contributed by atoms with van der Waals surface area (Å²) in [6.45, 7) is 5.36. The molecule has 1 atom stereocenters. The first-order chi connectivity index (χ1) is 11.5. The maximum absolute atomic E-state index is 12.6. The molecule has 1 aliphatic heterocycles. The van der Waals surface area contributed by atoms with Gasteiger partial charge in [-0.25, -0.2) is 0 Å². The molecule has 0 aliphatic carbocycles. The van der Waals surface area contributed by atoms with Crippen molar-refractivity contribution in [2.24, 2.45) is 0 Å². The number of benzene rings is 2. The molecule has 1 N–H and O–H groups in total. The smallest absolute Gasteiger partial charge is 0.254 e. The average Bonchev–Trinajstić information content (AvgIpc) is 2.62. The zero-order valence-electron chi connectivity index (χ0n) is 14.2. The van der Waals surface area contributed by atoms with E-state index in [-0.39, 0.29) is 5.91 Å². The summed E-state index contributed by atoms with van der Waals surface area (Å²) in [7, 11) is 0. The fourth-order valence-corrected chi connectivity index (χ4v) is 2.92. The Morgan fingerprint density at radius 2 is 1.88 bits per heavy atom. The van der Waals surface area contributed by atoms with E-state index in [4.69, 9.17) is 0 Å². The van der Waals surface area contributed by atoms with Gasteiger partial charge in [0.2, 0.25) is 0 Å². The molecular formula is C21H23NO2. The van der Waals surface area contributed by atoms with Gasteiger partial charge in [-0.3, -0.25) is 4.79 Å². The second-order valence-corrected chi connectivity index (χ2v) is 6.43. The van der Waals surface area contributed by atoms with Crippen LogP contribution in [0, 0.1) is 0 Å². The van der Waals surface area contributed by atoms with Gasteiger partial charge in [0.05, 0.1) is 6.10 Å². The fraction of sp³-hybridized carbons (Fsp3) is 0.286. The molecule has 2 aromatic rings. The Hall–Kier alpha value is -2.39. The molecule has 2 aromatic carbocycles. The number of carbonyl (C=O) groups is 1. The monoisotopic (exact) mass is 321 g/mol. The minimum absolute atomic E-state index is 0.0861. The van der Waals surface area contributed by atoms with Crippen molar-refractivity contribution in [3.05, 3.63) is 71.3 Å². The molecule has 0 aromatic heterocycles. The maximum Gasteiger partial charge on any atom is 0.254 e. The topological polar surface area (TPSA) is 40.5 Å². The first kappa shape index (κ1) is 16.5. The number of carbonyl (C=O) groups excluding carboxylic acids is 1. The van der Waals surface area contributed by atoms with Crippen LogP contribution in [0.3, 0.4) is 0 Å². The van der Waals surface area contributed by atoms with E-state index in [2.05, 4.69) is 13.0 Å². The predicted molar refractivity (Wildman–Crippen MR) is 96.8 cm³/mol. The number of aliphatic hydroxyl groups is 1. The van der Waals surface area contributed by atoms with Crippen LogP contribution in [0.25, 0.3) is 11.1 Å². The highest BCUT2D eigenvalue weighted by atomic mass is 16.3. The lowest BCUT2D eigenvalue weighted by Gasteiger charge is -2.25. The van der Waals surface area contributed by atoms with Gasteiger partial charge in [0.25, 0.3) is 5.91 Å². The maximum atomic E-state index is 12.6. The van der Waals surface area contributed by atoms with E-state index >= 15 is 0 Å². The van der Waals surface area contributed by atoms with E-state index in [0.717, 1.165) is 35.2 Å². The third-order valence-corrected chi connectivity index (χ3v) is 4.56. The summed E-state index contributed by atoms with van der Waals surface area (Å²) in [4.78, 5) is 14.4. The van der Waals surface area contributed by atoms with E-state index in [9.17, 15) is 9.90 Å². The van der Waals surface area contributed by atoms with Gasteiger partial charge in [-0.2, -0.15) is 0 Å². The van der Waals surface area contributed by atoms with E-state index in [1.165, 1.54) is 5.57 Å². The van der Waals surface area contributed by atoms with Crippen molar-refractivity contribution in [1.82, 2.24) is 4.90 Å². The Bertz CT molecular complexity index is 760. The molecule has 0 bridgehead atoms. The van der Waals surface area contributed by atoms with Crippen molar-refractivity contribution < 1.29 is 9.90 Å². The second kappa shape index (κ2) is 7.02. The molecule has 0 saturated heterocycles. The lowest BCUT2D eigenvalue weighted by Crippen LogP contribution is -2.34. The Balaban J connectivity index is 1.78. The molecule has 24 heavy (non-hydrogen) atoms. The highest BCUT2D eigenvalue weighted by molar-refractivity contribution is 5.95. The number of aliphatic hydroxyl groups excluding tert-OH is 1. The van der Waals surface area contributed by atoms with Crippen molar-refractivity contribution in [1.29, 1.82) is 0 Å². The third-order valence-electron chi connectivity index (χ3n) is 4.56. The molecule has 0 fully saturated rings. The van der Waals surface area contributed by atoms with Crippen molar-refractivity contribution >= 4 is 5.91 Å². The van der Waals surface area contributed by atoms with Crippen molar-refractivity contribution in [2.75, 3.05) is 13.1 Å². The molecule has 0 unspecified atom stereocenters.